The highest BCUT2D eigenvalue weighted by atomic mass is 31.2. The lowest BCUT2D eigenvalue weighted by Gasteiger charge is -2.25. The summed E-state index contributed by atoms with van der Waals surface area (Å²) in [6.45, 7) is -0.209. The Morgan fingerprint density at radius 3 is 1.64 bits per heavy atom. The van der Waals surface area contributed by atoms with Crippen molar-refractivity contribution in [2.24, 2.45) is 0 Å². The number of rotatable bonds is 16. The molecule has 6 rings (SSSR count). The van der Waals surface area contributed by atoms with Gasteiger partial charge < -0.3 is 44.0 Å². The zero-order valence-electron chi connectivity index (χ0n) is 31.4. The van der Waals surface area contributed by atoms with Crippen molar-refractivity contribution in [1.82, 2.24) is 28.7 Å². The molecule has 0 spiro atoms. The average molecular weight is 933 g/mol. The van der Waals surface area contributed by atoms with E-state index in [0.29, 0.717) is 0 Å². The van der Waals surface area contributed by atoms with Crippen LogP contribution < -0.4 is 33.7 Å². The lowest BCUT2D eigenvalue weighted by molar-refractivity contribution is -0.0617. The SMILES string of the molecule is Cc1cn([C@H]2C[C@H](OP(=O)(O)O)[C@@H](COP(=O)(O)O[C@H]3C[C@H](n4cc(C)c(=O)[nH]c4=O)O[C@@H]3COP(=O)(O)O[C@H]3[C@@H](O)[C@H](n4ccc(=O)[nH]c4=O)O[C@@H]3CO)O2)c(=O)[nH]c1=O. The third-order valence-corrected chi connectivity index (χ3v) is 12.0. The second-order valence-corrected chi connectivity index (χ2v) is 17.8. The van der Waals surface area contributed by atoms with Gasteiger partial charge in [-0.05, 0) is 13.8 Å². The van der Waals surface area contributed by atoms with Crippen molar-refractivity contribution in [3.05, 3.63) is 98.3 Å². The number of H-pyrrole nitrogens is 3. The summed E-state index contributed by atoms with van der Waals surface area (Å²) in [4.78, 5) is 119. The number of phosphoric acid groups is 3. The third-order valence-electron chi connectivity index (χ3n) is 9.49. The fourth-order valence-corrected chi connectivity index (χ4v) is 9.11. The maximum Gasteiger partial charge on any atom is 0.472 e. The van der Waals surface area contributed by atoms with Crippen LogP contribution in [0.5, 0.6) is 0 Å². The fourth-order valence-electron chi connectivity index (χ4n) is 6.62. The Hall–Kier alpha value is -3.83. The van der Waals surface area contributed by atoms with Crippen molar-refractivity contribution in [1.29, 1.82) is 0 Å². The summed E-state index contributed by atoms with van der Waals surface area (Å²) in [5, 5.41) is 20.7. The largest absolute Gasteiger partial charge is 0.472 e. The summed E-state index contributed by atoms with van der Waals surface area (Å²) in [5.74, 6) is 0. The van der Waals surface area contributed by atoms with Crippen LogP contribution in [0.3, 0.4) is 0 Å². The monoisotopic (exact) mass is 932 g/mol. The van der Waals surface area contributed by atoms with Gasteiger partial charge in [0.05, 0.1) is 19.8 Å². The highest BCUT2D eigenvalue weighted by molar-refractivity contribution is 7.47. The molecule has 3 aromatic heterocycles. The molecule has 0 aliphatic carbocycles. The van der Waals surface area contributed by atoms with E-state index in [0.717, 1.165) is 38.4 Å². The van der Waals surface area contributed by atoms with Crippen molar-refractivity contribution in [2.75, 3.05) is 19.8 Å². The molecule has 3 aliphatic heterocycles. The summed E-state index contributed by atoms with van der Waals surface area (Å²) in [5.41, 5.74) is -5.14. The normalized spacial score (nSPS) is 30.0. The van der Waals surface area contributed by atoms with Crippen molar-refractivity contribution in [2.45, 2.75) is 88.1 Å². The number of hydrogen-bond acceptors (Lipinski definition) is 19. The van der Waals surface area contributed by atoms with Crippen LogP contribution in [0.1, 0.15) is 42.7 Å². The summed E-state index contributed by atoms with van der Waals surface area (Å²) in [6.07, 6.45) is -13.9. The number of aromatic amines is 3. The Kier molecular flexibility index (Phi) is 13.9. The van der Waals surface area contributed by atoms with E-state index in [9.17, 15) is 72.2 Å². The van der Waals surface area contributed by atoms with Crippen LogP contribution in [0.25, 0.3) is 0 Å². The average Bonchev–Trinajstić information content (AvgIpc) is 3.83. The summed E-state index contributed by atoms with van der Waals surface area (Å²) in [7, 11) is -15.9. The lowest BCUT2D eigenvalue weighted by Crippen LogP contribution is -2.38. The van der Waals surface area contributed by atoms with Crippen LogP contribution in [-0.2, 0) is 50.5 Å². The number of aliphatic hydroxyl groups excluding tert-OH is 2. The van der Waals surface area contributed by atoms with Crippen LogP contribution >= 0.6 is 23.5 Å². The standard InChI is InChI=1S/C29H39N6O23P3/c1-12-7-34(28(42)31-24(12)39)20-5-14(56-59(44,45)46)17(53-20)10-51-60(47,48)57-15-6-21(35-8-13(2)25(40)32-29(35)43)54-18(15)11-52-61(49,50)58-23-16(9-36)55-26(22(23)38)33-4-3-19(37)30-27(33)41/h3-4,7-8,14-18,20-23,26,36,38H,5-6,9-11H2,1-2H3,(H,47,48)(H,49,50)(H,30,37,41)(H,31,39,42)(H,32,40,43)(H2,44,45,46)/t14-,15-,16+,17+,18+,20+,21+,22+,23+,26+/m0/s1. The topological polar surface area (TPSA) is 411 Å². The second-order valence-electron chi connectivity index (χ2n) is 13.8. The Bertz CT molecular complexity index is 2620. The van der Waals surface area contributed by atoms with Crippen LogP contribution in [0.15, 0.2) is 53.4 Å². The molecule has 0 aromatic carbocycles. The molecule has 0 bridgehead atoms. The molecule has 29 nitrogen and oxygen atoms in total. The Morgan fingerprint density at radius 2 is 1.16 bits per heavy atom. The van der Waals surface area contributed by atoms with Crippen LogP contribution in [-0.4, -0.2) is 121 Å². The molecule has 9 N–H and O–H groups in total. The first-order valence-electron chi connectivity index (χ1n) is 17.7. The van der Waals surface area contributed by atoms with Gasteiger partial charge in [0, 0.05) is 48.6 Å². The Balaban J connectivity index is 1.18. The number of phosphoric ester groups is 3. The van der Waals surface area contributed by atoms with Gasteiger partial charge >= 0.3 is 40.5 Å². The van der Waals surface area contributed by atoms with Crippen molar-refractivity contribution < 1.29 is 80.3 Å². The van der Waals surface area contributed by atoms with Crippen LogP contribution in [0, 0.1) is 13.8 Å². The van der Waals surface area contributed by atoms with Gasteiger partial charge in [-0.3, -0.25) is 65.7 Å². The number of nitrogens with zero attached hydrogens (tertiary/aromatic N) is 3. The van der Waals surface area contributed by atoms with E-state index in [1.165, 1.54) is 13.8 Å². The smallest absolute Gasteiger partial charge is 0.394 e. The van der Waals surface area contributed by atoms with Gasteiger partial charge in [-0.25, -0.2) is 28.1 Å². The maximum absolute atomic E-state index is 13.4. The highest BCUT2D eigenvalue weighted by Crippen LogP contribution is 2.52. The molecule has 3 aromatic rings. The van der Waals surface area contributed by atoms with E-state index in [-0.39, 0.29) is 11.1 Å². The number of ether oxygens (including phenoxy) is 3. The van der Waals surface area contributed by atoms with Crippen molar-refractivity contribution in [3.63, 3.8) is 0 Å². The van der Waals surface area contributed by atoms with Gasteiger partial charge in [0.1, 0.15) is 55.2 Å². The zero-order chi connectivity index (χ0) is 44.8. The molecule has 0 saturated carbocycles. The van der Waals surface area contributed by atoms with Gasteiger partial charge in [-0.1, -0.05) is 0 Å². The molecule has 3 aliphatic rings. The van der Waals surface area contributed by atoms with Gasteiger partial charge in [-0.2, -0.15) is 0 Å². The minimum absolute atomic E-state index is 0.0317. The highest BCUT2D eigenvalue weighted by Gasteiger charge is 2.50. The van der Waals surface area contributed by atoms with Crippen molar-refractivity contribution >= 4 is 23.5 Å². The van der Waals surface area contributed by atoms with E-state index in [1.54, 1.807) is 0 Å². The number of aryl methyl sites for hydroxylation is 2. The van der Waals surface area contributed by atoms with E-state index in [1.807, 2.05) is 15.0 Å². The molecule has 61 heavy (non-hydrogen) atoms. The molecule has 3 saturated heterocycles. The molecule has 0 amide bonds. The predicted octanol–water partition coefficient (Wildman–Crippen LogP) is -3.44. The van der Waals surface area contributed by atoms with E-state index < -0.39 is 151 Å². The fraction of sp³-hybridized carbons (Fsp3) is 0.586. The minimum atomic E-state index is -5.35. The maximum atomic E-state index is 13.4. The van der Waals surface area contributed by atoms with Crippen LogP contribution in [0.4, 0.5) is 0 Å². The van der Waals surface area contributed by atoms with E-state index in [4.69, 9.17) is 36.8 Å². The van der Waals surface area contributed by atoms with E-state index >= 15 is 0 Å². The first-order chi connectivity index (χ1) is 28.4. The molecular formula is C29H39N6O23P3. The van der Waals surface area contributed by atoms with Gasteiger partial charge in [0.15, 0.2) is 6.23 Å². The number of aromatic nitrogens is 6. The second kappa shape index (κ2) is 18.1. The van der Waals surface area contributed by atoms with E-state index in [2.05, 4.69) is 0 Å². The molecule has 3 fully saturated rings. The van der Waals surface area contributed by atoms with Crippen molar-refractivity contribution in [3.8, 4) is 0 Å². The number of aliphatic hydroxyl groups is 2. The minimum Gasteiger partial charge on any atom is -0.394 e. The quantitative estimate of drug-likeness (QED) is 0.0631. The molecule has 6 heterocycles. The first-order valence-corrected chi connectivity index (χ1v) is 22.2. The molecule has 32 heteroatoms. The Morgan fingerprint density at radius 1 is 0.689 bits per heavy atom. The number of hydrogen-bond donors (Lipinski definition) is 9. The predicted molar refractivity (Wildman–Crippen MR) is 196 cm³/mol. The molecule has 338 valence electrons. The molecule has 12 atom stereocenters. The van der Waals surface area contributed by atoms with Gasteiger partial charge in [0.25, 0.3) is 16.7 Å². The van der Waals surface area contributed by atoms with Gasteiger partial charge in [-0.15, -0.1) is 0 Å². The number of nitrogens with one attached hydrogen (secondary N) is 3. The summed E-state index contributed by atoms with van der Waals surface area (Å²) < 4.78 is 83.2. The van der Waals surface area contributed by atoms with Crippen LogP contribution in [0.2, 0.25) is 0 Å². The molecule has 2 unspecified atom stereocenters. The lowest BCUT2D eigenvalue weighted by atomic mass is 10.1. The van der Waals surface area contributed by atoms with Gasteiger partial charge in [0.2, 0.25) is 0 Å². The molecular weight excluding hydrogens is 893 g/mol. The summed E-state index contributed by atoms with van der Waals surface area (Å²) >= 11 is 0. The molecule has 0 radical (unpaired) electrons. The Labute approximate surface area is 338 Å². The first kappa shape index (κ1) is 46.7. The third kappa shape index (κ3) is 11.0. The zero-order valence-corrected chi connectivity index (χ0v) is 34.1. The summed E-state index contributed by atoms with van der Waals surface area (Å²) in [6, 6.07) is 0.919.